The van der Waals surface area contributed by atoms with E-state index in [1.165, 1.54) is 0 Å². The molecule has 0 saturated carbocycles. The Labute approximate surface area is 137 Å². The molecule has 0 saturated heterocycles. The van der Waals surface area contributed by atoms with Crippen LogP contribution in [0.5, 0.6) is 5.75 Å². The van der Waals surface area contributed by atoms with Crippen LogP contribution >= 0.6 is 15.9 Å². The van der Waals surface area contributed by atoms with Crippen molar-refractivity contribution in [2.24, 2.45) is 0 Å². The molecule has 1 atom stereocenters. The number of carbonyl (C=O) groups is 1. The summed E-state index contributed by atoms with van der Waals surface area (Å²) in [6, 6.07) is 21.2. The highest BCUT2D eigenvalue weighted by molar-refractivity contribution is 9.10. The summed E-state index contributed by atoms with van der Waals surface area (Å²) >= 11 is 3.37. The van der Waals surface area contributed by atoms with Gasteiger partial charge in [0.15, 0.2) is 6.10 Å². The zero-order valence-corrected chi connectivity index (χ0v) is 13.7. The third kappa shape index (κ3) is 3.04. The second kappa shape index (κ2) is 6.32. The lowest BCUT2D eigenvalue weighted by Gasteiger charge is -2.15. The summed E-state index contributed by atoms with van der Waals surface area (Å²) in [5, 5.41) is 2.11. The van der Waals surface area contributed by atoms with Gasteiger partial charge in [0.05, 0.1) is 0 Å². The fourth-order valence-electron chi connectivity index (χ4n) is 2.39. The van der Waals surface area contributed by atoms with Crippen molar-refractivity contribution in [2.75, 3.05) is 0 Å². The zero-order valence-electron chi connectivity index (χ0n) is 12.1. The number of rotatable bonds is 4. The van der Waals surface area contributed by atoms with Crippen molar-refractivity contribution >= 4 is 32.5 Å². The predicted octanol–water partition coefficient (Wildman–Crippen LogP) is 5.25. The molecule has 0 aliphatic rings. The Hall–Kier alpha value is -2.13. The van der Waals surface area contributed by atoms with Crippen LogP contribution in [0.25, 0.3) is 10.8 Å². The van der Waals surface area contributed by atoms with E-state index in [9.17, 15) is 4.79 Å². The Balaban J connectivity index is 1.85. The van der Waals surface area contributed by atoms with Crippen LogP contribution in [-0.4, -0.2) is 11.9 Å². The molecule has 0 radical (unpaired) electrons. The average Bonchev–Trinajstić information content (AvgIpc) is 2.55. The van der Waals surface area contributed by atoms with Crippen molar-refractivity contribution in [3.05, 3.63) is 76.8 Å². The smallest absolute Gasteiger partial charge is 0.202 e. The number of halogens is 1. The third-order valence-corrected chi connectivity index (χ3v) is 4.08. The van der Waals surface area contributed by atoms with Crippen molar-refractivity contribution in [3.8, 4) is 5.75 Å². The van der Waals surface area contributed by atoms with Gasteiger partial charge in [0, 0.05) is 15.4 Å². The molecule has 0 bridgehead atoms. The van der Waals surface area contributed by atoms with Gasteiger partial charge in [-0.15, -0.1) is 0 Å². The van der Waals surface area contributed by atoms with Crippen molar-refractivity contribution < 1.29 is 9.53 Å². The van der Waals surface area contributed by atoms with Crippen molar-refractivity contribution in [2.45, 2.75) is 13.0 Å². The maximum Gasteiger partial charge on any atom is 0.202 e. The summed E-state index contributed by atoms with van der Waals surface area (Å²) in [7, 11) is 0. The molecule has 0 amide bonds. The van der Waals surface area contributed by atoms with E-state index in [0.717, 1.165) is 21.0 Å². The van der Waals surface area contributed by atoms with Crippen LogP contribution in [0.15, 0.2) is 71.2 Å². The maximum atomic E-state index is 12.5. The molecule has 0 aromatic heterocycles. The molecule has 0 heterocycles. The minimum Gasteiger partial charge on any atom is -0.482 e. The summed E-state index contributed by atoms with van der Waals surface area (Å²) in [5.74, 6) is 0.705. The van der Waals surface area contributed by atoms with Crippen LogP contribution in [-0.2, 0) is 0 Å². The minimum atomic E-state index is -0.535. The second-order valence-electron chi connectivity index (χ2n) is 5.11. The molecule has 0 spiro atoms. The standard InChI is InChI=1S/C19H15BrO2/c1-13(19(21)15-9-11-16(20)12-10-15)22-18-8-4-6-14-5-2-3-7-17(14)18/h2-13H,1H3/t13-/m1/s1. The molecule has 0 aliphatic carbocycles. The largest absolute Gasteiger partial charge is 0.482 e. The molecule has 0 aliphatic heterocycles. The molecule has 3 rings (SSSR count). The van der Waals surface area contributed by atoms with Crippen molar-refractivity contribution in [1.82, 2.24) is 0 Å². The number of hydrogen-bond donors (Lipinski definition) is 0. The topological polar surface area (TPSA) is 26.3 Å². The SMILES string of the molecule is C[C@@H](Oc1cccc2ccccc12)C(=O)c1ccc(Br)cc1. The summed E-state index contributed by atoms with van der Waals surface area (Å²) in [5.41, 5.74) is 0.649. The summed E-state index contributed by atoms with van der Waals surface area (Å²) in [6.07, 6.45) is -0.535. The second-order valence-corrected chi connectivity index (χ2v) is 6.02. The van der Waals surface area contributed by atoms with Crippen LogP contribution in [0.4, 0.5) is 0 Å². The Kier molecular flexibility index (Phi) is 4.25. The van der Waals surface area contributed by atoms with Gasteiger partial charge in [-0.1, -0.05) is 64.5 Å². The number of hydrogen-bond acceptors (Lipinski definition) is 2. The molecule has 3 aromatic carbocycles. The quantitative estimate of drug-likeness (QED) is 0.598. The molecule has 0 fully saturated rings. The lowest BCUT2D eigenvalue weighted by Crippen LogP contribution is -2.23. The van der Waals surface area contributed by atoms with E-state index >= 15 is 0 Å². The van der Waals surface area contributed by atoms with E-state index < -0.39 is 6.10 Å². The molecule has 3 heteroatoms. The van der Waals surface area contributed by atoms with Crippen LogP contribution in [0.2, 0.25) is 0 Å². The fourth-order valence-corrected chi connectivity index (χ4v) is 2.66. The number of fused-ring (bicyclic) bond motifs is 1. The van der Waals surface area contributed by atoms with Crippen LogP contribution in [0.3, 0.4) is 0 Å². The Morgan fingerprint density at radius 2 is 1.64 bits per heavy atom. The van der Waals surface area contributed by atoms with E-state index in [2.05, 4.69) is 15.9 Å². The normalized spacial score (nSPS) is 12.1. The van der Waals surface area contributed by atoms with Crippen LogP contribution in [0, 0.1) is 0 Å². The first-order valence-corrected chi connectivity index (χ1v) is 7.88. The lowest BCUT2D eigenvalue weighted by molar-refractivity contribution is 0.0820. The predicted molar refractivity (Wildman–Crippen MR) is 92.5 cm³/mol. The van der Waals surface area contributed by atoms with E-state index in [0.29, 0.717) is 5.56 Å². The highest BCUT2D eigenvalue weighted by Gasteiger charge is 2.17. The molecule has 3 aromatic rings. The minimum absolute atomic E-state index is 0.0274. The van der Waals surface area contributed by atoms with Gasteiger partial charge in [-0.3, -0.25) is 4.79 Å². The van der Waals surface area contributed by atoms with Gasteiger partial charge in [0.2, 0.25) is 5.78 Å². The molecular weight excluding hydrogens is 340 g/mol. The Bertz CT molecular complexity index is 804. The first kappa shape index (κ1) is 14.8. The van der Waals surface area contributed by atoms with Gasteiger partial charge < -0.3 is 4.74 Å². The highest BCUT2D eigenvalue weighted by Crippen LogP contribution is 2.26. The average molecular weight is 355 g/mol. The Morgan fingerprint density at radius 3 is 2.41 bits per heavy atom. The van der Waals surface area contributed by atoms with E-state index in [1.54, 1.807) is 19.1 Å². The zero-order chi connectivity index (χ0) is 15.5. The summed E-state index contributed by atoms with van der Waals surface area (Å²) < 4.78 is 6.86. The number of ether oxygens (including phenoxy) is 1. The summed E-state index contributed by atoms with van der Waals surface area (Å²) in [4.78, 5) is 12.5. The van der Waals surface area contributed by atoms with Gasteiger partial charge in [-0.05, 0) is 30.5 Å². The van der Waals surface area contributed by atoms with E-state index in [-0.39, 0.29) is 5.78 Å². The van der Waals surface area contributed by atoms with Gasteiger partial charge in [0.25, 0.3) is 0 Å². The first-order chi connectivity index (χ1) is 10.6. The monoisotopic (exact) mass is 354 g/mol. The molecule has 110 valence electrons. The molecule has 22 heavy (non-hydrogen) atoms. The molecule has 2 nitrogen and oxygen atoms in total. The fraction of sp³-hybridized carbons (Fsp3) is 0.105. The van der Waals surface area contributed by atoms with Gasteiger partial charge in [0.1, 0.15) is 5.75 Å². The molecule has 0 unspecified atom stereocenters. The van der Waals surface area contributed by atoms with E-state index in [4.69, 9.17) is 4.74 Å². The summed E-state index contributed by atoms with van der Waals surface area (Å²) in [6.45, 7) is 1.78. The number of benzene rings is 3. The first-order valence-electron chi connectivity index (χ1n) is 7.09. The maximum absolute atomic E-state index is 12.5. The van der Waals surface area contributed by atoms with Crippen LogP contribution < -0.4 is 4.74 Å². The van der Waals surface area contributed by atoms with Gasteiger partial charge in [-0.25, -0.2) is 0 Å². The van der Waals surface area contributed by atoms with Crippen molar-refractivity contribution in [1.29, 1.82) is 0 Å². The molecule has 0 N–H and O–H groups in total. The van der Waals surface area contributed by atoms with Crippen molar-refractivity contribution in [3.63, 3.8) is 0 Å². The van der Waals surface area contributed by atoms with Crippen LogP contribution in [0.1, 0.15) is 17.3 Å². The third-order valence-electron chi connectivity index (χ3n) is 3.55. The number of Topliss-reactive ketones (excluding diaryl/α,β-unsaturated/α-hetero) is 1. The van der Waals surface area contributed by atoms with E-state index in [1.807, 2.05) is 54.6 Å². The lowest BCUT2D eigenvalue weighted by atomic mass is 10.1. The number of carbonyl (C=O) groups excluding carboxylic acids is 1. The molecular formula is C19H15BrO2. The van der Waals surface area contributed by atoms with Gasteiger partial charge in [-0.2, -0.15) is 0 Å². The highest BCUT2D eigenvalue weighted by atomic mass is 79.9. The van der Waals surface area contributed by atoms with Gasteiger partial charge >= 0.3 is 0 Å². The number of ketones is 1. The Morgan fingerprint density at radius 1 is 0.955 bits per heavy atom.